The van der Waals surface area contributed by atoms with E-state index in [1.54, 1.807) is 0 Å². The molecule has 0 aliphatic carbocycles. The van der Waals surface area contributed by atoms with Crippen molar-refractivity contribution in [1.82, 2.24) is 14.1 Å². The Morgan fingerprint density at radius 3 is 1.67 bits per heavy atom. The Morgan fingerprint density at radius 2 is 0.902 bits per heavy atom. The van der Waals surface area contributed by atoms with Crippen molar-refractivity contribution in [1.29, 1.82) is 0 Å². The van der Waals surface area contributed by atoms with E-state index in [9.17, 15) is 0 Å². The summed E-state index contributed by atoms with van der Waals surface area (Å²) in [5.41, 5.74) is 9.08. The molecule has 0 fully saturated rings. The molecule has 0 N–H and O–H groups in total. The van der Waals surface area contributed by atoms with E-state index >= 15 is 0 Å². The highest BCUT2D eigenvalue weighted by molar-refractivity contribution is 6.26. The summed E-state index contributed by atoms with van der Waals surface area (Å²) in [4.78, 5) is 5.08. The molecule has 0 unspecified atom stereocenters. The number of hydrogen-bond donors (Lipinski definition) is 0. The summed E-state index contributed by atoms with van der Waals surface area (Å²) in [5.74, 6) is 0. The SMILES string of the molecule is c1ccc(-n2c3ccccc3oc3cc4c(cc32)c2cc(-n3c5ccccc5c5ccccc53)ccc2c2ccccc2c2cccnc24)cc1. The first kappa shape index (κ1) is 28.0. The van der Waals surface area contributed by atoms with Gasteiger partial charge in [-0.3, -0.25) is 4.98 Å². The van der Waals surface area contributed by atoms with Gasteiger partial charge in [-0.05, 0) is 93.7 Å². The number of aromatic nitrogens is 3. The summed E-state index contributed by atoms with van der Waals surface area (Å²) in [6.45, 7) is 0. The van der Waals surface area contributed by atoms with E-state index in [-0.39, 0.29) is 0 Å². The highest BCUT2D eigenvalue weighted by Crippen LogP contribution is 2.40. The molecule has 4 nitrogen and oxygen atoms in total. The van der Waals surface area contributed by atoms with Crippen LogP contribution in [-0.2, 0) is 0 Å². The lowest BCUT2D eigenvalue weighted by molar-refractivity contribution is 0.654. The Hall–Kier alpha value is -6.91. The summed E-state index contributed by atoms with van der Waals surface area (Å²) >= 11 is 0. The molecule has 51 heavy (non-hydrogen) atoms. The molecule has 0 aliphatic heterocycles. The fourth-order valence-corrected chi connectivity index (χ4v) is 8.20. The van der Waals surface area contributed by atoms with Gasteiger partial charge in [0.2, 0.25) is 0 Å². The number of rotatable bonds is 2. The van der Waals surface area contributed by atoms with Gasteiger partial charge in [0.25, 0.3) is 0 Å². The first-order valence-corrected chi connectivity index (χ1v) is 17.3. The van der Waals surface area contributed by atoms with Crippen LogP contribution in [0.5, 0.6) is 0 Å². The highest BCUT2D eigenvalue weighted by atomic mass is 16.3. The smallest absolute Gasteiger partial charge is 0.152 e. The van der Waals surface area contributed by atoms with E-state index < -0.39 is 0 Å². The van der Waals surface area contributed by atoms with Crippen molar-refractivity contribution in [3.63, 3.8) is 0 Å². The third-order valence-corrected chi connectivity index (χ3v) is 10.4. The topological polar surface area (TPSA) is 35.9 Å². The van der Waals surface area contributed by atoms with Gasteiger partial charge >= 0.3 is 0 Å². The second-order valence-corrected chi connectivity index (χ2v) is 13.2. The van der Waals surface area contributed by atoms with Gasteiger partial charge in [-0.15, -0.1) is 0 Å². The van der Waals surface area contributed by atoms with Crippen molar-refractivity contribution in [2.45, 2.75) is 0 Å². The van der Waals surface area contributed by atoms with E-state index in [1.807, 2.05) is 24.4 Å². The molecule has 8 aromatic carbocycles. The average molecular weight is 652 g/mol. The second kappa shape index (κ2) is 10.8. The van der Waals surface area contributed by atoms with Crippen molar-refractivity contribution in [3.8, 4) is 11.4 Å². The maximum absolute atomic E-state index is 6.75. The lowest BCUT2D eigenvalue weighted by Crippen LogP contribution is -2.00. The number of benzene rings is 7. The Balaban J connectivity index is 1.39. The number of hydrogen-bond acceptors (Lipinski definition) is 2. The van der Waals surface area contributed by atoms with Gasteiger partial charge in [0, 0.05) is 39.1 Å². The van der Waals surface area contributed by atoms with Crippen molar-refractivity contribution in [2.24, 2.45) is 0 Å². The Bertz CT molecular complexity index is 3200. The molecular weight excluding hydrogens is 623 g/mol. The Labute approximate surface area is 292 Å². The van der Waals surface area contributed by atoms with Gasteiger partial charge < -0.3 is 13.6 Å². The lowest BCUT2D eigenvalue weighted by Gasteiger charge is -2.17. The van der Waals surface area contributed by atoms with Gasteiger partial charge in [0.05, 0.1) is 27.6 Å². The fourth-order valence-electron chi connectivity index (χ4n) is 8.20. The van der Waals surface area contributed by atoms with E-state index in [0.717, 1.165) is 66.0 Å². The summed E-state index contributed by atoms with van der Waals surface area (Å²) in [6, 6.07) is 60.6. The van der Waals surface area contributed by atoms with Gasteiger partial charge in [0.15, 0.2) is 11.2 Å². The maximum atomic E-state index is 6.75. The van der Waals surface area contributed by atoms with Gasteiger partial charge in [-0.25, -0.2) is 0 Å². The van der Waals surface area contributed by atoms with Crippen LogP contribution in [0.2, 0.25) is 0 Å². The number of para-hydroxylation sites is 5. The van der Waals surface area contributed by atoms with Crippen LogP contribution in [-0.4, -0.2) is 14.1 Å². The normalized spacial score (nSPS) is 11.9. The summed E-state index contributed by atoms with van der Waals surface area (Å²) < 4.78 is 11.5. The largest absolute Gasteiger partial charge is 0.453 e. The maximum Gasteiger partial charge on any atom is 0.152 e. The molecule has 4 heteroatoms. The zero-order valence-electron chi connectivity index (χ0n) is 27.5. The van der Waals surface area contributed by atoms with Crippen LogP contribution in [0.4, 0.5) is 0 Å². The number of pyridine rings is 1. The molecule has 11 rings (SSSR count). The van der Waals surface area contributed by atoms with E-state index in [1.165, 1.54) is 32.6 Å². The second-order valence-electron chi connectivity index (χ2n) is 13.2. The monoisotopic (exact) mass is 651 g/mol. The first-order chi connectivity index (χ1) is 25.3. The molecular formula is C47H29N3O. The van der Waals surface area contributed by atoms with Gasteiger partial charge in [-0.1, -0.05) is 103 Å². The summed E-state index contributed by atoms with van der Waals surface area (Å²) in [7, 11) is 0. The molecule has 0 aliphatic rings. The van der Waals surface area contributed by atoms with Crippen LogP contribution in [0, 0.1) is 0 Å². The molecule has 0 spiro atoms. The van der Waals surface area contributed by atoms with Crippen LogP contribution in [0.1, 0.15) is 0 Å². The molecule has 0 atom stereocenters. The molecule has 3 aromatic heterocycles. The first-order valence-electron chi connectivity index (χ1n) is 17.3. The van der Waals surface area contributed by atoms with Gasteiger partial charge in [0.1, 0.15) is 0 Å². The summed E-state index contributed by atoms with van der Waals surface area (Å²) in [6.07, 6.45) is 1.90. The third kappa shape index (κ3) is 4.11. The van der Waals surface area contributed by atoms with Crippen molar-refractivity contribution in [2.75, 3.05) is 0 Å². The van der Waals surface area contributed by atoms with Crippen molar-refractivity contribution < 1.29 is 4.42 Å². The third-order valence-electron chi connectivity index (χ3n) is 10.4. The predicted octanol–water partition coefficient (Wildman–Crippen LogP) is 12.6. The van der Waals surface area contributed by atoms with Crippen molar-refractivity contribution >= 4 is 87.2 Å². The van der Waals surface area contributed by atoms with Crippen molar-refractivity contribution in [3.05, 3.63) is 176 Å². The molecule has 0 saturated heterocycles. The Kier molecular flexibility index (Phi) is 5.92. The minimum atomic E-state index is 0.793. The standard InChI is InChI=1S/C47H29N3O/c1-2-13-30(14-3-1)49-43-22-10-11-23-45(43)51-46-29-40-39(28-44(46)49)38-27-31(50-41-20-8-6-17-35(41)36-18-7-9-21-42(36)50)24-25-34(38)32-15-4-5-16-33(32)37-19-12-26-48-47(37)40/h1-29H. The van der Waals surface area contributed by atoms with Crippen LogP contribution in [0.25, 0.3) is 98.6 Å². The van der Waals surface area contributed by atoms with Crippen LogP contribution in [0.15, 0.2) is 180 Å². The molecule has 11 aromatic rings. The van der Waals surface area contributed by atoms with E-state index in [2.05, 4.69) is 161 Å². The Morgan fingerprint density at radius 1 is 0.333 bits per heavy atom. The zero-order valence-corrected chi connectivity index (χ0v) is 27.5. The summed E-state index contributed by atoms with van der Waals surface area (Å²) in [5, 5.41) is 10.4. The van der Waals surface area contributed by atoms with E-state index in [0.29, 0.717) is 0 Å². The zero-order chi connectivity index (χ0) is 33.5. The minimum absolute atomic E-state index is 0.793. The van der Waals surface area contributed by atoms with Crippen LogP contribution >= 0.6 is 0 Å². The molecule has 0 saturated carbocycles. The molecule has 0 amide bonds. The average Bonchev–Trinajstić information content (AvgIpc) is 3.53. The minimum Gasteiger partial charge on any atom is -0.453 e. The highest BCUT2D eigenvalue weighted by Gasteiger charge is 2.17. The molecule has 0 radical (unpaired) electrons. The fraction of sp³-hybridized carbons (Fsp3) is 0. The molecule has 3 heterocycles. The lowest BCUT2D eigenvalue weighted by atomic mass is 9.95. The van der Waals surface area contributed by atoms with E-state index in [4.69, 9.17) is 9.40 Å². The number of fused-ring (bicyclic) bond motifs is 13. The van der Waals surface area contributed by atoms with Gasteiger partial charge in [-0.2, -0.15) is 0 Å². The number of nitrogens with zero attached hydrogens (tertiary/aromatic N) is 3. The van der Waals surface area contributed by atoms with Crippen LogP contribution < -0.4 is 0 Å². The molecule has 0 bridgehead atoms. The predicted molar refractivity (Wildman–Crippen MR) is 213 cm³/mol. The van der Waals surface area contributed by atoms with Crippen LogP contribution in [0.3, 0.4) is 0 Å². The molecule has 238 valence electrons. The quantitative estimate of drug-likeness (QED) is 0.174.